The molecule has 5 heteroatoms. The van der Waals surface area contributed by atoms with Gasteiger partial charge in [0.2, 0.25) is 5.91 Å². The van der Waals surface area contributed by atoms with Gasteiger partial charge in [0.15, 0.2) is 6.61 Å². The maximum Gasteiger partial charge on any atom is 0.260 e. The van der Waals surface area contributed by atoms with Crippen molar-refractivity contribution in [3.63, 3.8) is 0 Å². The number of ether oxygens (including phenoxy) is 1. The number of hydrogen-bond donors (Lipinski definition) is 0. The fraction of sp³-hybridized carbons (Fsp3) is 0.444. The minimum atomic E-state index is -0.0870. The first-order valence-electron chi connectivity index (χ1n) is 7.82. The third kappa shape index (κ3) is 4.34. The zero-order chi connectivity index (χ0) is 17.0. The molecule has 0 spiro atoms. The summed E-state index contributed by atoms with van der Waals surface area (Å²) >= 11 is 0. The van der Waals surface area contributed by atoms with Gasteiger partial charge in [-0.25, -0.2) is 0 Å². The maximum atomic E-state index is 12.3. The zero-order valence-corrected chi connectivity index (χ0v) is 14.0. The lowest BCUT2D eigenvalue weighted by Crippen LogP contribution is -2.55. The van der Waals surface area contributed by atoms with Crippen molar-refractivity contribution >= 4 is 11.8 Å². The van der Waals surface area contributed by atoms with Gasteiger partial charge in [0, 0.05) is 25.7 Å². The minimum Gasteiger partial charge on any atom is -0.484 e. The van der Waals surface area contributed by atoms with Crippen LogP contribution in [0.1, 0.15) is 18.1 Å². The van der Waals surface area contributed by atoms with E-state index in [1.54, 1.807) is 9.80 Å². The van der Waals surface area contributed by atoms with Crippen LogP contribution in [0.5, 0.6) is 5.75 Å². The molecule has 1 aliphatic rings. The molecule has 0 aliphatic carbocycles. The van der Waals surface area contributed by atoms with Crippen molar-refractivity contribution in [2.75, 3.05) is 26.2 Å². The van der Waals surface area contributed by atoms with Crippen LogP contribution in [-0.4, -0.2) is 53.9 Å². The Hall–Kier alpha value is -2.30. The molecule has 23 heavy (non-hydrogen) atoms. The van der Waals surface area contributed by atoms with Crippen LogP contribution in [0.3, 0.4) is 0 Å². The molecule has 1 heterocycles. The zero-order valence-electron chi connectivity index (χ0n) is 14.0. The third-order valence-electron chi connectivity index (χ3n) is 4.00. The molecular weight excluding hydrogens is 292 g/mol. The van der Waals surface area contributed by atoms with E-state index in [0.717, 1.165) is 11.1 Å². The lowest BCUT2D eigenvalue weighted by Gasteiger charge is -2.39. The van der Waals surface area contributed by atoms with Gasteiger partial charge in [0.05, 0.1) is 0 Å². The molecule has 0 radical (unpaired) electrons. The summed E-state index contributed by atoms with van der Waals surface area (Å²) in [4.78, 5) is 27.5. The van der Waals surface area contributed by atoms with Gasteiger partial charge in [-0.05, 0) is 50.1 Å². The van der Waals surface area contributed by atoms with Crippen LogP contribution >= 0.6 is 0 Å². The Morgan fingerprint density at radius 2 is 1.91 bits per heavy atom. The second-order valence-corrected chi connectivity index (χ2v) is 6.04. The summed E-state index contributed by atoms with van der Waals surface area (Å²) in [6.45, 7) is 11.0. The van der Waals surface area contributed by atoms with E-state index in [1.165, 1.54) is 6.08 Å². The van der Waals surface area contributed by atoms with Gasteiger partial charge in [-0.3, -0.25) is 9.59 Å². The molecule has 1 aromatic carbocycles. The van der Waals surface area contributed by atoms with E-state index in [-0.39, 0.29) is 24.5 Å². The fourth-order valence-electron chi connectivity index (χ4n) is 2.88. The van der Waals surface area contributed by atoms with Crippen LogP contribution < -0.4 is 4.74 Å². The topological polar surface area (TPSA) is 49.9 Å². The number of amides is 2. The van der Waals surface area contributed by atoms with E-state index in [4.69, 9.17) is 4.74 Å². The summed E-state index contributed by atoms with van der Waals surface area (Å²) < 4.78 is 5.63. The van der Waals surface area contributed by atoms with Gasteiger partial charge in [0.25, 0.3) is 5.91 Å². The monoisotopic (exact) mass is 316 g/mol. The smallest absolute Gasteiger partial charge is 0.260 e. The standard InChI is InChI=1S/C18H24N2O3/c1-5-17(21)20-7-6-19(11-15(20)4)18(22)12-23-16-9-13(2)8-14(3)10-16/h5,8-10,15H,1,6-7,11-12H2,2-4H3/t15-/m1/s1. The summed E-state index contributed by atoms with van der Waals surface area (Å²) in [5.74, 6) is 0.571. The molecule has 0 bridgehead atoms. The molecule has 0 saturated carbocycles. The molecule has 0 unspecified atom stereocenters. The van der Waals surface area contributed by atoms with Crippen molar-refractivity contribution < 1.29 is 14.3 Å². The molecule has 1 fully saturated rings. The first-order valence-corrected chi connectivity index (χ1v) is 7.82. The molecule has 1 atom stereocenters. The molecule has 5 nitrogen and oxygen atoms in total. The van der Waals surface area contributed by atoms with Crippen LogP contribution in [0.25, 0.3) is 0 Å². The minimum absolute atomic E-state index is 0.0144. The number of nitrogens with zero attached hydrogens (tertiary/aromatic N) is 2. The van der Waals surface area contributed by atoms with E-state index < -0.39 is 0 Å². The van der Waals surface area contributed by atoms with Crippen LogP contribution in [0.4, 0.5) is 0 Å². The maximum absolute atomic E-state index is 12.3. The number of carbonyl (C=O) groups excluding carboxylic acids is 2. The average Bonchev–Trinajstić information content (AvgIpc) is 2.50. The lowest BCUT2D eigenvalue weighted by atomic mass is 10.1. The Bertz CT molecular complexity index is 592. The molecule has 0 aromatic heterocycles. The van der Waals surface area contributed by atoms with Gasteiger partial charge in [-0.15, -0.1) is 0 Å². The van der Waals surface area contributed by atoms with Crippen molar-refractivity contribution in [1.29, 1.82) is 0 Å². The van der Waals surface area contributed by atoms with Gasteiger partial charge >= 0.3 is 0 Å². The highest BCUT2D eigenvalue weighted by Gasteiger charge is 2.28. The van der Waals surface area contributed by atoms with Crippen LogP contribution in [0.2, 0.25) is 0 Å². The number of hydrogen-bond acceptors (Lipinski definition) is 3. The Morgan fingerprint density at radius 3 is 2.48 bits per heavy atom. The van der Waals surface area contributed by atoms with Gasteiger partial charge in [-0.2, -0.15) is 0 Å². The molecule has 1 aliphatic heterocycles. The largest absolute Gasteiger partial charge is 0.484 e. The molecule has 0 N–H and O–H groups in total. The Kier molecular flexibility index (Phi) is 5.42. The number of piperazine rings is 1. The molecule has 1 aromatic rings. The molecule has 2 amide bonds. The second kappa shape index (κ2) is 7.31. The number of carbonyl (C=O) groups is 2. The van der Waals surface area contributed by atoms with Crippen molar-refractivity contribution in [3.8, 4) is 5.75 Å². The first kappa shape index (κ1) is 17.1. The van der Waals surface area contributed by atoms with E-state index in [1.807, 2.05) is 32.9 Å². The summed E-state index contributed by atoms with van der Waals surface area (Å²) in [6, 6.07) is 5.89. The predicted molar refractivity (Wildman–Crippen MR) is 89.4 cm³/mol. The highest BCUT2D eigenvalue weighted by molar-refractivity contribution is 5.87. The van der Waals surface area contributed by atoms with E-state index in [0.29, 0.717) is 25.4 Å². The molecule has 2 rings (SSSR count). The van der Waals surface area contributed by atoms with Crippen LogP contribution in [0, 0.1) is 13.8 Å². The van der Waals surface area contributed by atoms with Gasteiger partial charge in [-0.1, -0.05) is 12.6 Å². The van der Waals surface area contributed by atoms with E-state index >= 15 is 0 Å². The van der Waals surface area contributed by atoms with Crippen molar-refractivity contribution in [1.82, 2.24) is 9.80 Å². The Balaban J connectivity index is 1.89. The summed E-state index contributed by atoms with van der Waals surface area (Å²) in [7, 11) is 0. The van der Waals surface area contributed by atoms with Gasteiger partial charge < -0.3 is 14.5 Å². The third-order valence-corrected chi connectivity index (χ3v) is 4.00. The molecular formula is C18H24N2O3. The van der Waals surface area contributed by atoms with Crippen LogP contribution in [0.15, 0.2) is 30.9 Å². The number of rotatable bonds is 4. The van der Waals surface area contributed by atoms with Crippen molar-refractivity contribution in [2.45, 2.75) is 26.8 Å². The quantitative estimate of drug-likeness (QED) is 0.798. The van der Waals surface area contributed by atoms with E-state index in [9.17, 15) is 9.59 Å². The van der Waals surface area contributed by atoms with E-state index in [2.05, 4.69) is 12.6 Å². The fourth-order valence-corrected chi connectivity index (χ4v) is 2.88. The summed E-state index contributed by atoms with van der Waals surface area (Å²) in [6.07, 6.45) is 1.32. The summed E-state index contributed by atoms with van der Waals surface area (Å²) in [5.41, 5.74) is 2.22. The molecule has 124 valence electrons. The second-order valence-electron chi connectivity index (χ2n) is 6.04. The number of benzene rings is 1. The Labute approximate surface area is 137 Å². The van der Waals surface area contributed by atoms with Crippen LogP contribution in [-0.2, 0) is 9.59 Å². The average molecular weight is 316 g/mol. The number of aryl methyl sites for hydroxylation is 2. The highest BCUT2D eigenvalue weighted by atomic mass is 16.5. The first-order chi connectivity index (χ1) is 10.9. The highest BCUT2D eigenvalue weighted by Crippen LogP contribution is 2.17. The van der Waals surface area contributed by atoms with Gasteiger partial charge in [0.1, 0.15) is 5.75 Å². The normalized spacial score (nSPS) is 17.8. The predicted octanol–water partition coefficient (Wildman–Crippen LogP) is 1.93. The lowest BCUT2D eigenvalue weighted by molar-refractivity contribution is -0.141. The SMILES string of the molecule is C=CC(=O)N1CCN(C(=O)COc2cc(C)cc(C)c2)C[C@H]1C. The summed E-state index contributed by atoms with van der Waals surface area (Å²) in [5, 5.41) is 0. The Morgan fingerprint density at radius 1 is 1.26 bits per heavy atom. The van der Waals surface area contributed by atoms with Crippen molar-refractivity contribution in [2.24, 2.45) is 0 Å². The molecule has 1 saturated heterocycles. The van der Waals surface area contributed by atoms with Crippen molar-refractivity contribution in [3.05, 3.63) is 42.0 Å².